The number of nitrogens with zero attached hydrogens (tertiary/aromatic N) is 3. The van der Waals surface area contributed by atoms with Gasteiger partial charge in [-0.25, -0.2) is 0 Å². The van der Waals surface area contributed by atoms with E-state index in [0.29, 0.717) is 6.61 Å². The number of hydrogen-bond acceptors (Lipinski definition) is 6. The molecule has 0 aromatic rings. The number of ether oxygens (including phenoxy) is 2. The lowest BCUT2D eigenvalue weighted by Gasteiger charge is -1.95. The van der Waals surface area contributed by atoms with E-state index in [9.17, 15) is 9.59 Å². The third kappa shape index (κ3) is 24.0. The molecule has 0 radical (unpaired) electrons. The largest absolute Gasteiger partial charge is 0.394 e. The van der Waals surface area contributed by atoms with Gasteiger partial charge in [-0.05, 0) is 19.4 Å². The van der Waals surface area contributed by atoms with Gasteiger partial charge in [-0.2, -0.15) is 0 Å². The van der Waals surface area contributed by atoms with Crippen molar-refractivity contribution in [1.82, 2.24) is 0 Å². The standard InChI is InChI=1S/C5H9N3O2.C5H10O3/c1-5(9)4-10-3-2-7-8-6;1-5(7)4-8-3-2-6/h2-4H2,1H3;6H,2-4H2,1H3. The van der Waals surface area contributed by atoms with E-state index in [1.54, 1.807) is 0 Å². The molecule has 0 aromatic carbocycles. The van der Waals surface area contributed by atoms with Crippen molar-refractivity contribution in [1.29, 1.82) is 0 Å². The number of carbonyl (C=O) groups is 2. The van der Waals surface area contributed by atoms with Crippen molar-refractivity contribution in [3.63, 3.8) is 0 Å². The molecule has 8 nitrogen and oxygen atoms in total. The van der Waals surface area contributed by atoms with Gasteiger partial charge in [0, 0.05) is 11.5 Å². The van der Waals surface area contributed by atoms with Crippen molar-refractivity contribution in [3.05, 3.63) is 10.4 Å². The van der Waals surface area contributed by atoms with Gasteiger partial charge >= 0.3 is 0 Å². The first-order valence-corrected chi connectivity index (χ1v) is 5.30. The van der Waals surface area contributed by atoms with E-state index in [2.05, 4.69) is 14.8 Å². The SMILES string of the molecule is CC(=O)COCCN=[N+]=[N-].CC(=O)COCCO. The first kappa shape index (κ1) is 18.9. The number of rotatable bonds is 9. The zero-order valence-electron chi connectivity index (χ0n) is 10.7. The number of aliphatic hydroxyl groups is 1. The number of azide groups is 1. The molecule has 0 amide bonds. The predicted octanol–water partition coefficient (Wildman–Crippen LogP) is 0.487. The summed E-state index contributed by atoms with van der Waals surface area (Å²) in [6, 6.07) is 0. The van der Waals surface area contributed by atoms with Crippen LogP contribution in [0.15, 0.2) is 5.11 Å². The van der Waals surface area contributed by atoms with E-state index in [-0.39, 0.29) is 44.5 Å². The van der Waals surface area contributed by atoms with Gasteiger partial charge in [-0.1, -0.05) is 5.11 Å². The van der Waals surface area contributed by atoms with Crippen molar-refractivity contribution >= 4 is 11.6 Å². The molecular formula is C10H19N3O5. The smallest absolute Gasteiger partial charge is 0.155 e. The lowest BCUT2D eigenvalue weighted by atomic mass is 10.5. The second-order valence-electron chi connectivity index (χ2n) is 3.19. The normalized spacial score (nSPS) is 8.83. The van der Waals surface area contributed by atoms with Crippen molar-refractivity contribution in [2.45, 2.75) is 13.8 Å². The van der Waals surface area contributed by atoms with Gasteiger partial charge in [-0.3, -0.25) is 9.59 Å². The Kier molecular flexibility index (Phi) is 16.3. The van der Waals surface area contributed by atoms with E-state index in [1.807, 2.05) is 0 Å². The van der Waals surface area contributed by atoms with Crippen LogP contribution in [0.4, 0.5) is 0 Å². The molecule has 0 fully saturated rings. The second kappa shape index (κ2) is 15.5. The van der Waals surface area contributed by atoms with E-state index in [4.69, 9.17) is 15.4 Å². The summed E-state index contributed by atoms with van der Waals surface area (Å²) in [5.41, 5.74) is 7.81. The topological polar surface area (TPSA) is 122 Å². The van der Waals surface area contributed by atoms with Crippen molar-refractivity contribution in [3.8, 4) is 0 Å². The summed E-state index contributed by atoms with van der Waals surface area (Å²) >= 11 is 0. The highest BCUT2D eigenvalue weighted by Gasteiger charge is 1.90. The molecule has 0 saturated carbocycles. The number of hydrogen-bond donors (Lipinski definition) is 1. The van der Waals surface area contributed by atoms with Gasteiger partial charge in [0.2, 0.25) is 0 Å². The Labute approximate surface area is 106 Å². The van der Waals surface area contributed by atoms with Crippen LogP contribution in [-0.2, 0) is 19.1 Å². The minimum absolute atomic E-state index is 0.0153. The first-order valence-electron chi connectivity index (χ1n) is 5.30. The van der Waals surface area contributed by atoms with Gasteiger partial charge in [0.15, 0.2) is 11.6 Å². The van der Waals surface area contributed by atoms with Gasteiger partial charge in [-0.15, -0.1) is 0 Å². The average molecular weight is 261 g/mol. The fourth-order valence-electron chi connectivity index (χ4n) is 0.646. The van der Waals surface area contributed by atoms with Crippen LogP contribution in [-0.4, -0.2) is 56.3 Å². The van der Waals surface area contributed by atoms with E-state index >= 15 is 0 Å². The summed E-state index contributed by atoms with van der Waals surface area (Å²) in [4.78, 5) is 22.9. The highest BCUT2D eigenvalue weighted by molar-refractivity contribution is 5.76. The summed E-state index contributed by atoms with van der Waals surface area (Å²) in [6.45, 7) is 3.91. The molecule has 0 aliphatic carbocycles. The molecule has 0 spiro atoms. The number of Topliss-reactive ketones (excluding diaryl/α,β-unsaturated/α-hetero) is 2. The highest BCUT2D eigenvalue weighted by atomic mass is 16.5. The monoisotopic (exact) mass is 261 g/mol. The Morgan fingerprint density at radius 1 is 1.17 bits per heavy atom. The average Bonchev–Trinajstić information content (AvgIpc) is 2.29. The Morgan fingerprint density at radius 3 is 2.06 bits per heavy atom. The molecule has 104 valence electrons. The molecule has 0 aliphatic heterocycles. The molecular weight excluding hydrogens is 242 g/mol. The van der Waals surface area contributed by atoms with Gasteiger partial charge in [0.1, 0.15) is 13.2 Å². The molecule has 0 heterocycles. The number of carbonyl (C=O) groups excluding carboxylic acids is 2. The zero-order chi connectivity index (χ0) is 14.2. The van der Waals surface area contributed by atoms with Crippen LogP contribution in [0.1, 0.15) is 13.8 Å². The fraction of sp³-hybridized carbons (Fsp3) is 0.800. The molecule has 8 heteroatoms. The maximum Gasteiger partial charge on any atom is 0.155 e. The minimum atomic E-state index is -0.0269. The lowest BCUT2D eigenvalue weighted by molar-refractivity contribution is -0.122. The van der Waals surface area contributed by atoms with Crippen molar-refractivity contribution in [2.75, 3.05) is 39.6 Å². The highest BCUT2D eigenvalue weighted by Crippen LogP contribution is 1.78. The molecule has 0 bridgehead atoms. The number of aliphatic hydroxyl groups excluding tert-OH is 1. The van der Waals surface area contributed by atoms with Crippen LogP contribution in [0, 0.1) is 0 Å². The molecule has 0 aliphatic rings. The maximum atomic E-state index is 10.2. The van der Waals surface area contributed by atoms with Gasteiger partial charge < -0.3 is 14.6 Å². The fourth-order valence-corrected chi connectivity index (χ4v) is 0.646. The molecule has 0 atom stereocenters. The summed E-state index contributed by atoms with van der Waals surface area (Å²) in [5, 5.41) is 11.4. The van der Waals surface area contributed by atoms with Gasteiger partial charge in [0.25, 0.3) is 0 Å². The van der Waals surface area contributed by atoms with Crippen LogP contribution in [0.5, 0.6) is 0 Å². The van der Waals surface area contributed by atoms with Gasteiger partial charge in [0.05, 0.1) is 19.8 Å². The molecule has 0 rings (SSSR count). The third-order valence-electron chi connectivity index (χ3n) is 1.25. The molecule has 0 aromatic heterocycles. The van der Waals surface area contributed by atoms with E-state index < -0.39 is 0 Å². The van der Waals surface area contributed by atoms with Crippen LogP contribution in [0.25, 0.3) is 10.4 Å². The Balaban J connectivity index is 0. The molecule has 1 N–H and O–H groups in total. The van der Waals surface area contributed by atoms with Crippen LogP contribution < -0.4 is 0 Å². The first-order chi connectivity index (χ1) is 8.54. The van der Waals surface area contributed by atoms with Crippen LogP contribution in [0.2, 0.25) is 0 Å². The Morgan fingerprint density at radius 2 is 1.67 bits per heavy atom. The van der Waals surface area contributed by atoms with E-state index in [1.165, 1.54) is 13.8 Å². The number of ketones is 2. The summed E-state index contributed by atoms with van der Waals surface area (Å²) < 4.78 is 9.43. The quantitative estimate of drug-likeness (QED) is 0.280. The predicted molar refractivity (Wildman–Crippen MR) is 64.1 cm³/mol. The van der Waals surface area contributed by atoms with Crippen molar-refractivity contribution in [2.24, 2.45) is 5.11 Å². The summed E-state index contributed by atoms with van der Waals surface area (Å²) in [5.74, 6) is -0.0422. The third-order valence-corrected chi connectivity index (χ3v) is 1.25. The maximum absolute atomic E-state index is 10.2. The second-order valence-corrected chi connectivity index (χ2v) is 3.19. The Hall–Kier alpha value is -1.47. The molecule has 18 heavy (non-hydrogen) atoms. The van der Waals surface area contributed by atoms with Crippen LogP contribution >= 0.6 is 0 Å². The zero-order valence-corrected chi connectivity index (χ0v) is 10.7. The summed E-state index contributed by atoms with van der Waals surface area (Å²) in [7, 11) is 0. The summed E-state index contributed by atoms with van der Waals surface area (Å²) in [6.07, 6.45) is 0. The van der Waals surface area contributed by atoms with Crippen molar-refractivity contribution < 1.29 is 24.2 Å². The molecule has 0 saturated heterocycles. The molecule has 0 unspecified atom stereocenters. The lowest BCUT2D eigenvalue weighted by Crippen LogP contribution is -2.06. The Bertz CT molecular complexity index is 273. The van der Waals surface area contributed by atoms with Crippen LogP contribution in [0.3, 0.4) is 0 Å². The minimum Gasteiger partial charge on any atom is -0.394 e. The van der Waals surface area contributed by atoms with E-state index in [0.717, 1.165) is 0 Å².